The number of hydrogen-bond acceptors (Lipinski definition) is 1. The molecule has 0 heterocycles. The average Bonchev–Trinajstić information content (AvgIpc) is 2.42. The standard InChI is InChI=1S/C15H11BrClFO/c1-2-9-5-3-4-6-10(9)15(19)11-7-13(17)12(16)8-14(11)18/h3-8H,2H2,1H3. The van der Waals surface area contributed by atoms with Crippen LogP contribution in [-0.4, -0.2) is 5.78 Å². The first-order valence-corrected chi connectivity index (χ1v) is 6.98. The summed E-state index contributed by atoms with van der Waals surface area (Å²) in [6.07, 6.45) is 0.716. The Morgan fingerprint density at radius 3 is 2.63 bits per heavy atom. The molecule has 0 amide bonds. The third-order valence-corrected chi connectivity index (χ3v) is 4.09. The van der Waals surface area contributed by atoms with Gasteiger partial charge in [-0.1, -0.05) is 42.8 Å². The van der Waals surface area contributed by atoms with Gasteiger partial charge in [0.2, 0.25) is 0 Å². The van der Waals surface area contributed by atoms with E-state index in [9.17, 15) is 9.18 Å². The highest BCUT2D eigenvalue weighted by Gasteiger charge is 2.18. The van der Waals surface area contributed by atoms with E-state index in [1.54, 1.807) is 12.1 Å². The second-order valence-corrected chi connectivity index (χ2v) is 5.35. The van der Waals surface area contributed by atoms with Gasteiger partial charge in [0.15, 0.2) is 5.78 Å². The van der Waals surface area contributed by atoms with Crippen LogP contribution < -0.4 is 0 Å². The maximum atomic E-state index is 13.9. The number of aryl methyl sites for hydroxylation is 1. The van der Waals surface area contributed by atoms with Crippen molar-refractivity contribution >= 4 is 33.3 Å². The van der Waals surface area contributed by atoms with Gasteiger partial charge < -0.3 is 0 Å². The fraction of sp³-hybridized carbons (Fsp3) is 0.133. The van der Waals surface area contributed by atoms with Crippen molar-refractivity contribution in [1.82, 2.24) is 0 Å². The maximum Gasteiger partial charge on any atom is 0.196 e. The van der Waals surface area contributed by atoms with Crippen molar-refractivity contribution in [2.75, 3.05) is 0 Å². The molecule has 0 saturated carbocycles. The van der Waals surface area contributed by atoms with Crippen molar-refractivity contribution < 1.29 is 9.18 Å². The molecule has 0 unspecified atom stereocenters. The van der Waals surface area contributed by atoms with Crippen LogP contribution in [0, 0.1) is 5.82 Å². The van der Waals surface area contributed by atoms with Gasteiger partial charge in [0, 0.05) is 10.0 Å². The zero-order chi connectivity index (χ0) is 14.0. The Bertz CT molecular complexity index is 640. The molecule has 2 aromatic carbocycles. The number of carbonyl (C=O) groups excluding carboxylic acids is 1. The second kappa shape index (κ2) is 5.85. The third-order valence-electron chi connectivity index (χ3n) is 2.90. The molecule has 0 spiro atoms. The van der Waals surface area contributed by atoms with E-state index in [-0.39, 0.29) is 11.3 Å². The van der Waals surface area contributed by atoms with Crippen molar-refractivity contribution in [3.05, 3.63) is 68.4 Å². The van der Waals surface area contributed by atoms with Gasteiger partial charge in [-0.2, -0.15) is 0 Å². The largest absolute Gasteiger partial charge is 0.288 e. The van der Waals surface area contributed by atoms with Gasteiger partial charge >= 0.3 is 0 Å². The summed E-state index contributed by atoms with van der Waals surface area (Å²) in [5, 5.41) is 0.318. The van der Waals surface area contributed by atoms with Gasteiger partial charge in [-0.3, -0.25) is 4.79 Å². The van der Waals surface area contributed by atoms with Crippen LogP contribution in [0.1, 0.15) is 28.4 Å². The van der Waals surface area contributed by atoms with Crippen LogP contribution in [0.15, 0.2) is 40.9 Å². The molecule has 0 saturated heterocycles. The molecule has 98 valence electrons. The average molecular weight is 342 g/mol. The van der Waals surface area contributed by atoms with Gasteiger partial charge in [-0.25, -0.2) is 4.39 Å². The highest BCUT2D eigenvalue weighted by Crippen LogP contribution is 2.27. The van der Waals surface area contributed by atoms with E-state index in [0.29, 0.717) is 21.5 Å². The van der Waals surface area contributed by atoms with E-state index < -0.39 is 5.82 Å². The summed E-state index contributed by atoms with van der Waals surface area (Å²) in [5.74, 6) is -0.920. The molecule has 0 aliphatic carbocycles. The molecular weight excluding hydrogens is 331 g/mol. The number of benzene rings is 2. The Morgan fingerprint density at radius 2 is 1.95 bits per heavy atom. The Balaban J connectivity index is 2.53. The molecule has 0 atom stereocenters. The van der Waals surface area contributed by atoms with E-state index in [1.807, 2.05) is 19.1 Å². The molecule has 0 radical (unpaired) electrons. The van der Waals surface area contributed by atoms with Crippen LogP contribution in [0.5, 0.6) is 0 Å². The molecule has 2 aromatic rings. The first-order valence-electron chi connectivity index (χ1n) is 5.81. The van der Waals surface area contributed by atoms with Crippen molar-refractivity contribution in [3.63, 3.8) is 0 Å². The predicted octanol–water partition coefficient (Wildman–Crippen LogP) is 5.04. The molecular formula is C15H11BrClFO. The van der Waals surface area contributed by atoms with Crippen LogP contribution in [0.3, 0.4) is 0 Å². The number of carbonyl (C=O) groups is 1. The third kappa shape index (κ3) is 2.88. The van der Waals surface area contributed by atoms with Crippen LogP contribution >= 0.6 is 27.5 Å². The highest BCUT2D eigenvalue weighted by atomic mass is 79.9. The van der Waals surface area contributed by atoms with E-state index in [0.717, 1.165) is 5.56 Å². The van der Waals surface area contributed by atoms with E-state index in [1.165, 1.54) is 12.1 Å². The smallest absolute Gasteiger partial charge is 0.196 e. The molecule has 0 aliphatic heterocycles. The second-order valence-electron chi connectivity index (χ2n) is 4.09. The Morgan fingerprint density at radius 1 is 1.26 bits per heavy atom. The van der Waals surface area contributed by atoms with Crippen molar-refractivity contribution in [2.45, 2.75) is 13.3 Å². The van der Waals surface area contributed by atoms with Gasteiger partial charge in [-0.15, -0.1) is 0 Å². The van der Waals surface area contributed by atoms with Crippen molar-refractivity contribution in [1.29, 1.82) is 0 Å². The summed E-state index contributed by atoms with van der Waals surface area (Å²) in [6.45, 7) is 1.96. The topological polar surface area (TPSA) is 17.1 Å². The number of hydrogen-bond donors (Lipinski definition) is 0. The summed E-state index contributed by atoms with van der Waals surface area (Å²) in [6, 6.07) is 9.77. The lowest BCUT2D eigenvalue weighted by Crippen LogP contribution is -2.07. The number of ketones is 1. The predicted molar refractivity (Wildman–Crippen MR) is 78.4 cm³/mol. The summed E-state index contributed by atoms with van der Waals surface area (Å²) >= 11 is 9.06. The molecule has 2 rings (SSSR count). The van der Waals surface area contributed by atoms with Gasteiger partial charge in [0.05, 0.1) is 10.6 Å². The molecule has 0 aromatic heterocycles. The van der Waals surface area contributed by atoms with Gasteiger partial charge in [0.1, 0.15) is 5.82 Å². The fourth-order valence-electron chi connectivity index (χ4n) is 1.89. The minimum absolute atomic E-state index is 0.00546. The molecule has 0 N–H and O–H groups in total. The summed E-state index contributed by atoms with van der Waals surface area (Å²) in [4.78, 5) is 12.4. The van der Waals surface area contributed by atoms with Crippen LogP contribution in [-0.2, 0) is 6.42 Å². The summed E-state index contributed by atoms with van der Waals surface area (Å²) in [7, 11) is 0. The van der Waals surface area contributed by atoms with Crippen LogP contribution in [0.25, 0.3) is 0 Å². The van der Waals surface area contributed by atoms with Crippen LogP contribution in [0.2, 0.25) is 5.02 Å². The SMILES string of the molecule is CCc1ccccc1C(=O)c1cc(Cl)c(Br)cc1F. The molecule has 0 bridgehead atoms. The maximum absolute atomic E-state index is 13.9. The Labute approximate surface area is 124 Å². The lowest BCUT2D eigenvalue weighted by Gasteiger charge is -2.08. The normalized spacial score (nSPS) is 10.5. The molecule has 0 aliphatic rings. The first kappa shape index (κ1) is 14.2. The highest BCUT2D eigenvalue weighted by molar-refractivity contribution is 9.10. The Hall–Kier alpha value is -1.19. The minimum Gasteiger partial charge on any atom is -0.288 e. The quantitative estimate of drug-likeness (QED) is 0.565. The van der Waals surface area contributed by atoms with Crippen molar-refractivity contribution in [3.8, 4) is 0 Å². The molecule has 19 heavy (non-hydrogen) atoms. The van der Waals surface area contributed by atoms with E-state index in [2.05, 4.69) is 15.9 Å². The monoisotopic (exact) mass is 340 g/mol. The lowest BCUT2D eigenvalue weighted by molar-refractivity contribution is 0.103. The van der Waals surface area contributed by atoms with Gasteiger partial charge in [-0.05, 0) is 40.0 Å². The van der Waals surface area contributed by atoms with E-state index in [4.69, 9.17) is 11.6 Å². The van der Waals surface area contributed by atoms with Gasteiger partial charge in [0.25, 0.3) is 0 Å². The lowest BCUT2D eigenvalue weighted by atomic mass is 9.97. The van der Waals surface area contributed by atoms with E-state index >= 15 is 0 Å². The van der Waals surface area contributed by atoms with Crippen molar-refractivity contribution in [2.24, 2.45) is 0 Å². The first-order chi connectivity index (χ1) is 9.04. The molecule has 0 fully saturated rings. The Kier molecular flexibility index (Phi) is 4.38. The fourth-order valence-corrected chi connectivity index (χ4v) is 2.37. The molecule has 1 nitrogen and oxygen atoms in total. The number of rotatable bonds is 3. The molecule has 4 heteroatoms. The minimum atomic E-state index is -0.577. The number of halogens is 3. The zero-order valence-corrected chi connectivity index (χ0v) is 12.6. The summed E-state index contributed by atoms with van der Waals surface area (Å²) < 4.78 is 14.3. The van der Waals surface area contributed by atoms with Crippen LogP contribution in [0.4, 0.5) is 4.39 Å². The zero-order valence-electron chi connectivity index (χ0n) is 10.2. The summed E-state index contributed by atoms with van der Waals surface area (Å²) in [5.41, 5.74) is 1.40.